The van der Waals surface area contributed by atoms with E-state index in [1.165, 1.54) is 44.5 Å². The van der Waals surface area contributed by atoms with E-state index in [4.69, 9.17) is 5.73 Å². The van der Waals surface area contributed by atoms with Gasteiger partial charge in [0.05, 0.1) is 0 Å². The van der Waals surface area contributed by atoms with Crippen molar-refractivity contribution in [3.05, 3.63) is 35.6 Å². The summed E-state index contributed by atoms with van der Waals surface area (Å²) in [4.78, 5) is 2.50. The number of nitrogens with two attached hydrogens (primary N) is 1. The zero-order valence-corrected chi connectivity index (χ0v) is 10.7. The van der Waals surface area contributed by atoms with Crippen molar-refractivity contribution >= 4 is 0 Å². The summed E-state index contributed by atoms with van der Waals surface area (Å²) in [5.41, 5.74) is 7.09. The van der Waals surface area contributed by atoms with Gasteiger partial charge in [0, 0.05) is 25.7 Å². The number of hydrogen-bond donors (Lipinski definition) is 1. The molecule has 2 aliphatic rings. The molecule has 3 heteroatoms. The van der Waals surface area contributed by atoms with Gasteiger partial charge in [0.15, 0.2) is 0 Å². The van der Waals surface area contributed by atoms with E-state index in [0.29, 0.717) is 6.54 Å². The molecule has 98 valence electrons. The molecule has 0 amide bonds. The number of halogens is 1. The predicted octanol–water partition coefficient (Wildman–Crippen LogP) is 2.56. The van der Waals surface area contributed by atoms with Crippen molar-refractivity contribution in [1.82, 2.24) is 4.90 Å². The summed E-state index contributed by atoms with van der Waals surface area (Å²) in [7, 11) is 0. The SMILES string of the molecule is NCC(c1ccc(F)cc1)N1CC2CCCC2C1. The lowest BCUT2D eigenvalue weighted by atomic mass is 10.0. The van der Waals surface area contributed by atoms with E-state index >= 15 is 0 Å². The van der Waals surface area contributed by atoms with Gasteiger partial charge in [0.2, 0.25) is 0 Å². The molecular weight excluding hydrogens is 227 g/mol. The number of rotatable bonds is 3. The van der Waals surface area contributed by atoms with Gasteiger partial charge in [-0.25, -0.2) is 4.39 Å². The quantitative estimate of drug-likeness (QED) is 0.890. The fraction of sp³-hybridized carbons (Fsp3) is 0.600. The van der Waals surface area contributed by atoms with Crippen molar-refractivity contribution in [3.8, 4) is 0 Å². The summed E-state index contributed by atoms with van der Waals surface area (Å²) >= 11 is 0. The van der Waals surface area contributed by atoms with Crippen LogP contribution in [0.15, 0.2) is 24.3 Å². The zero-order chi connectivity index (χ0) is 12.5. The molecule has 2 nitrogen and oxygen atoms in total. The van der Waals surface area contributed by atoms with Crippen LogP contribution in [0.3, 0.4) is 0 Å². The second kappa shape index (κ2) is 4.98. The van der Waals surface area contributed by atoms with Crippen molar-refractivity contribution < 1.29 is 4.39 Å². The summed E-state index contributed by atoms with van der Waals surface area (Å²) < 4.78 is 13.0. The topological polar surface area (TPSA) is 29.3 Å². The van der Waals surface area contributed by atoms with Crippen LogP contribution in [0.4, 0.5) is 4.39 Å². The van der Waals surface area contributed by atoms with Gasteiger partial charge in [-0.3, -0.25) is 4.90 Å². The predicted molar refractivity (Wildman–Crippen MR) is 70.6 cm³/mol. The Hall–Kier alpha value is -0.930. The third kappa shape index (κ3) is 2.17. The molecule has 1 saturated heterocycles. The van der Waals surface area contributed by atoms with E-state index in [0.717, 1.165) is 17.4 Å². The highest BCUT2D eigenvalue weighted by atomic mass is 19.1. The van der Waals surface area contributed by atoms with Crippen molar-refractivity contribution in [2.75, 3.05) is 19.6 Å². The molecule has 0 spiro atoms. The molecule has 1 heterocycles. The number of benzene rings is 1. The third-order valence-electron chi connectivity index (χ3n) is 4.67. The molecule has 3 atom stereocenters. The molecule has 1 aromatic rings. The molecular formula is C15H21FN2. The van der Waals surface area contributed by atoms with Gasteiger partial charge in [-0.05, 0) is 42.4 Å². The van der Waals surface area contributed by atoms with Crippen LogP contribution in [-0.4, -0.2) is 24.5 Å². The van der Waals surface area contributed by atoms with Crippen LogP contribution in [-0.2, 0) is 0 Å². The van der Waals surface area contributed by atoms with Crippen LogP contribution in [0.2, 0.25) is 0 Å². The summed E-state index contributed by atoms with van der Waals surface area (Å²) in [5, 5.41) is 0. The summed E-state index contributed by atoms with van der Waals surface area (Å²) in [6, 6.07) is 7.09. The highest BCUT2D eigenvalue weighted by Gasteiger charge is 2.38. The first-order valence-electron chi connectivity index (χ1n) is 6.97. The zero-order valence-electron chi connectivity index (χ0n) is 10.7. The molecule has 0 radical (unpaired) electrons. The average molecular weight is 248 g/mol. The maximum atomic E-state index is 13.0. The number of fused-ring (bicyclic) bond motifs is 1. The lowest BCUT2D eigenvalue weighted by Crippen LogP contribution is -2.32. The lowest BCUT2D eigenvalue weighted by Gasteiger charge is -2.27. The van der Waals surface area contributed by atoms with Gasteiger partial charge in [0.25, 0.3) is 0 Å². The van der Waals surface area contributed by atoms with Gasteiger partial charge in [-0.15, -0.1) is 0 Å². The first-order valence-corrected chi connectivity index (χ1v) is 6.97. The van der Waals surface area contributed by atoms with E-state index in [9.17, 15) is 4.39 Å². The van der Waals surface area contributed by atoms with Gasteiger partial charge in [-0.2, -0.15) is 0 Å². The first-order chi connectivity index (χ1) is 8.78. The highest BCUT2D eigenvalue weighted by molar-refractivity contribution is 5.21. The maximum absolute atomic E-state index is 13.0. The molecule has 0 bridgehead atoms. The Kier molecular flexibility index (Phi) is 3.35. The van der Waals surface area contributed by atoms with E-state index in [-0.39, 0.29) is 11.9 Å². The Morgan fingerprint density at radius 2 is 1.78 bits per heavy atom. The molecule has 1 aromatic carbocycles. The van der Waals surface area contributed by atoms with Crippen molar-refractivity contribution in [2.24, 2.45) is 17.6 Å². The fourth-order valence-corrected chi connectivity index (χ4v) is 3.71. The lowest BCUT2D eigenvalue weighted by molar-refractivity contribution is 0.231. The minimum absolute atomic E-state index is 0.173. The molecule has 2 N–H and O–H groups in total. The molecule has 0 aromatic heterocycles. The van der Waals surface area contributed by atoms with Crippen molar-refractivity contribution in [1.29, 1.82) is 0 Å². The number of hydrogen-bond acceptors (Lipinski definition) is 2. The standard InChI is InChI=1S/C15H21FN2/c16-14-6-4-11(5-7-14)15(8-17)18-9-12-2-1-3-13(12)10-18/h4-7,12-13,15H,1-3,8-10,17H2. The maximum Gasteiger partial charge on any atom is 0.123 e. The molecule has 18 heavy (non-hydrogen) atoms. The van der Waals surface area contributed by atoms with Crippen LogP contribution in [0.1, 0.15) is 30.9 Å². The first kappa shape index (κ1) is 12.1. The van der Waals surface area contributed by atoms with Crippen molar-refractivity contribution in [3.63, 3.8) is 0 Å². The monoisotopic (exact) mass is 248 g/mol. The van der Waals surface area contributed by atoms with Crippen LogP contribution in [0.25, 0.3) is 0 Å². The van der Waals surface area contributed by atoms with Crippen LogP contribution >= 0.6 is 0 Å². The molecule has 1 aliphatic heterocycles. The number of likely N-dealkylation sites (tertiary alicyclic amines) is 1. The summed E-state index contributed by atoms with van der Waals surface area (Å²) in [6.45, 7) is 2.96. The third-order valence-corrected chi connectivity index (χ3v) is 4.67. The smallest absolute Gasteiger partial charge is 0.123 e. The van der Waals surface area contributed by atoms with E-state index in [2.05, 4.69) is 4.90 Å². The van der Waals surface area contributed by atoms with Gasteiger partial charge < -0.3 is 5.73 Å². The largest absolute Gasteiger partial charge is 0.329 e. The Bertz CT molecular complexity index is 391. The van der Waals surface area contributed by atoms with Gasteiger partial charge in [0.1, 0.15) is 5.82 Å². The minimum atomic E-state index is -0.173. The van der Waals surface area contributed by atoms with Crippen LogP contribution in [0.5, 0.6) is 0 Å². The molecule has 2 fully saturated rings. The van der Waals surface area contributed by atoms with Gasteiger partial charge >= 0.3 is 0 Å². The normalized spacial score (nSPS) is 29.4. The Balaban J connectivity index is 1.75. The minimum Gasteiger partial charge on any atom is -0.329 e. The average Bonchev–Trinajstić information content (AvgIpc) is 2.93. The van der Waals surface area contributed by atoms with E-state index in [1.54, 1.807) is 0 Å². The molecule has 3 rings (SSSR count). The fourth-order valence-electron chi connectivity index (χ4n) is 3.71. The van der Waals surface area contributed by atoms with Crippen molar-refractivity contribution in [2.45, 2.75) is 25.3 Å². The Morgan fingerprint density at radius 1 is 1.17 bits per heavy atom. The molecule has 1 saturated carbocycles. The van der Waals surface area contributed by atoms with Crippen LogP contribution < -0.4 is 5.73 Å². The van der Waals surface area contributed by atoms with Crippen LogP contribution in [0, 0.1) is 17.7 Å². The van der Waals surface area contributed by atoms with E-state index < -0.39 is 0 Å². The second-order valence-corrected chi connectivity index (χ2v) is 5.71. The highest BCUT2D eigenvalue weighted by Crippen LogP contribution is 2.40. The molecule has 1 aliphatic carbocycles. The number of nitrogens with zero attached hydrogens (tertiary/aromatic N) is 1. The van der Waals surface area contributed by atoms with E-state index in [1.807, 2.05) is 12.1 Å². The molecule has 3 unspecified atom stereocenters. The Morgan fingerprint density at radius 3 is 2.33 bits per heavy atom. The Labute approximate surface area is 108 Å². The summed E-state index contributed by atoms with van der Waals surface area (Å²) in [5.74, 6) is 1.58. The summed E-state index contributed by atoms with van der Waals surface area (Å²) in [6.07, 6.45) is 4.15. The van der Waals surface area contributed by atoms with Gasteiger partial charge in [-0.1, -0.05) is 18.6 Å². The second-order valence-electron chi connectivity index (χ2n) is 5.71.